The van der Waals surface area contributed by atoms with Crippen molar-refractivity contribution in [2.45, 2.75) is 37.6 Å². The molecule has 0 radical (unpaired) electrons. The van der Waals surface area contributed by atoms with E-state index in [1.165, 1.54) is 12.6 Å². The van der Waals surface area contributed by atoms with Crippen LogP contribution >= 0.6 is 0 Å². The van der Waals surface area contributed by atoms with Crippen LogP contribution in [0.3, 0.4) is 0 Å². The molecule has 1 saturated carbocycles. The fraction of sp³-hybridized carbons (Fsp3) is 0.400. The minimum Gasteiger partial charge on any atom is -0.312 e. The van der Waals surface area contributed by atoms with Gasteiger partial charge < -0.3 is 5.41 Å². The highest BCUT2D eigenvalue weighted by molar-refractivity contribution is 5.88. The third-order valence-corrected chi connectivity index (χ3v) is 5.43. The van der Waals surface area contributed by atoms with E-state index in [1.54, 1.807) is 25.7 Å². The average Bonchev–Trinajstić information content (AvgIpc) is 3.32. The highest BCUT2D eigenvalue weighted by Crippen LogP contribution is 2.38. The molecule has 2 atom stereocenters. The molecule has 142 valence electrons. The van der Waals surface area contributed by atoms with Crippen molar-refractivity contribution < 1.29 is 0 Å². The van der Waals surface area contributed by atoms with E-state index in [0.29, 0.717) is 12.3 Å². The second-order valence-corrected chi connectivity index (χ2v) is 7.09. The molecule has 1 N–H and O–H groups in total. The van der Waals surface area contributed by atoms with Crippen LogP contribution in [0.1, 0.15) is 43.3 Å². The fourth-order valence-electron chi connectivity index (χ4n) is 3.71. The molecule has 8 nitrogen and oxygen atoms in total. The number of imidazole rings is 1. The molecule has 0 bridgehead atoms. The molecule has 1 aliphatic carbocycles. The molecular formula is C20H22N8. The topological polar surface area (TPSA) is 108 Å². The minimum absolute atomic E-state index is 0.107. The number of nitrogens with zero attached hydrogens (tertiary/aromatic N) is 7. The standard InChI is InChI=1S/C20H22N8/c1-23-11-15(10-22)17-9-19-24-7-8-27(19)20(26-17)16-12-25-28(13-16)18(5-6-21)14-3-2-4-14/h7-15,18,22H,2-5H2,1H3. The van der Waals surface area contributed by atoms with Crippen LogP contribution in [-0.4, -0.2) is 43.6 Å². The highest BCUT2D eigenvalue weighted by atomic mass is 15.3. The predicted octanol–water partition coefficient (Wildman–Crippen LogP) is 3.28. The van der Waals surface area contributed by atoms with Crippen LogP contribution in [0.25, 0.3) is 17.0 Å². The van der Waals surface area contributed by atoms with Gasteiger partial charge in [0.15, 0.2) is 0 Å². The Balaban J connectivity index is 1.76. The molecule has 4 rings (SSSR count). The third kappa shape index (κ3) is 3.20. The van der Waals surface area contributed by atoms with Gasteiger partial charge in [0.05, 0.1) is 41.9 Å². The van der Waals surface area contributed by atoms with Gasteiger partial charge in [-0.1, -0.05) is 6.42 Å². The van der Waals surface area contributed by atoms with Crippen LogP contribution in [0.15, 0.2) is 35.8 Å². The molecule has 0 spiro atoms. The molecule has 0 aromatic carbocycles. The number of fused-ring (bicyclic) bond motifs is 1. The summed E-state index contributed by atoms with van der Waals surface area (Å²) in [6.45, 7) is 0. The van der Waals surface area contributed by atoms with Crippen LogP contribution in [0.2, 0.25) is 0 Å². The molecule has 1 fully saturated rings. The lowest BCUT2D eigenvalue weighted by Gasteiger charge is -2.32. The molecule has 0 saturated heterocycles. The number of aliphatic imine (C=N–C) groups is 1. The van der Waals surface area contributed by atoms with E-state index >= 15 is 0 Å². The monoisotopic (exact) mass is 374 g/mol. The Hall–Kier alpha value is -3.34. The largest absolute Gasteiger partial charge is 0.312 e. The summed E-state index contributed by atoms with van der Waals surface area (Å²) >= 11 is 0. The summed E-state index contributed by atoms with van der Waals surface area (Å²) < 4.78 is 3.83. The number of nitrogens with one attached hydrogen (secondary N) is 1. The summed E-state index contributed by atoms with van der Waals surface area (Å²) in [5.41, 5.74) is 2.34. The van der Waals surface area contributed by atoms with Crippen molar-refractivity contribution in [2.75, 3.05) is 7.05 Å². The van der Waals surface area contributed by atoms with Gasteiger partial charge in [-0.25, -0.2) is 9.97 Å². The van der Waals surface area contributed by atoms with Gasteiger partial charge in [-0.3, -0.25) is 14.1 Å². The maximum Gasteiger partial charge on any atom is 0.149 e. The number of hydrogen-bond donors (Lipinski definition) is 1. The van der Waals surface area contributed by atoms with Gasteiger partial charge in [-0.15, -0.1) is 0 Å². The zero-order valence-corrected chi connectivity index (χ0v) is 15.7. The van der Waals surface area contributed by atoms with Crippen molar-refractivity contribution >= 4 is 18.1 Å². The number of nitriles is 1. The normalized spacial score (nSPS) is 16.7. The van der Waals surface area contributed by atoms with E-state index in [2.05, 4.69) is 21.1 Å². The molecule has 3 aromatic rings. The summed E-state index contributed by atoms with van der Waals surface area (Å²) in [5.74, 6) is 0.932. The average molecular weight is 374 g/mol. The second-order valence-electron chi connectivity index (χ2n) is 7.09. The lowest BCUT2D eigenvalue weighted by Crippen LogP contribution is -2.25. The summed E-state index contributed by atoms with van der Waals surface area (Å²) in [7, 11) is 1.69. The first-order valence-corrected chi connectivity index (χ1v) is 9.43. The zero-order valence-electron chi connectivity index (χ0n) is 15.7. The summed E-state index contributed by atoms with van der Waals surface area (Å²) in [6.07, 6.45) is 14.4. The van der Waals surface area contributed by atoms with Crippen molar-refractivity contribution in [3.8, 4) is 17.5 Å². The van der Waals surface area contributed by atoms with E-state index in [0.717, 1.165) is 35.6 Å². The molecule has 2 unspecified atom stereocenters. The van der Waals surface area contributed by atoms with Gasteiger partial charge in [-0.2, -0.15) is 10.4 Å². The Bertz CT molecular complexity index is 1050. The predicted molar refractivity (Wildman–Crippen MR) is 107 cm³/mol. The lowest BCUT2D eigenvalue weighted by atomic mass is 9.79. The lowest BCUT2D eigenvalue weighted by molar-refractivity contribution is 0.199. The number of aromatic nitrogens is 5. The molecular weight excluding hydrogens is 352 g/mol. The van der Waals surface area contributed by atoms with Gasteiger partial charge in [0.2, 0.25) is 0 Å². The maximum atomic E-state index is 9.23. The first-order chi connectivity index (χ1) is 13.7. The SMILES string of the molecule is CN=CC(C=N)c1cc2nccn2c(-c2cnn(C(CC#N)C3CCC3)c2)n1. The fourth-order valence-corrected chi connectivity index (χ4v) is 3.71. The Morgan fingerprint density at radius 3 is 3.00 bits per heavy atom. The molecule has 0 amide bonds. The first kappa shape index (κ1) is 18.0. The van der Waals surface area contributed by atoms with E-state index in [4.69, 9.17) is 10.4 Å². The van der Waals surface area contributed by atoms with E-state index < -0.39 is 0 Å². The quantitative estimate of drug-likeness (QED) is 0.640. The van der Waals surface area contributed by atoms with Crippen LogP contribution in [0.4, 0.5) is 0 Å². The minimum atomic E-state index is -0.304. The van der Waals surface area contributed by atoms with Gasteiger partial charge in [0.25, 0.3) is 0 Å². The van der Waals surface area contributed by atoms with Crippen LogP contribution in [-0.2, 0) is 0 Å². The van der Waals surface area contributed by atoms with Crippen molar-refractivity contribution in [2.24, 2.45) is 10.9 Å². The Morgan fingerprint density at radius 1 is 1.46 bits per heavy atom. The molecule has 28 heavy (non-hydrogen) atoms. The van der Waals surface area contributed by atoms with Gasteiger partial charge in [0, 0.05) is 44.1 Å². The van der Waals surface area contributed by atoms with Crippen LogP contribution < -0.4 is 0 Å². The summed E-state index contributed by atoms with van der Waals surface area (Å²) in [6, 6.07) is 4.28. The van der Waals surface area contributed by atoms with E-state index in [1.807, 2.05) is 27.5 Å². The smallest absolute Gasteiger partial charge is 0.149 e. The highest BCUT2D eigenvalue weighted by Gasteiger charge is 2.29. The van der Waals surface area contributed by atoms with Gasteiger partial charge in [-0.05, 0) is 18.8 Å². The Labute approximate surface area is 163 Å². The zero-order chi connectivity index (χ0) is 19.5. The molecule has 3 heterocycles. The van der Waals surface area contributed by atoms with Crippen molar-refractivity contribution in [3.05, 3.63) is 36.5 Å². The van der Waals surface area contributed by atoms with Crippen molar-refractivity contribution in [1.29, 1.82) is 10.7 Å². The first-order valence-electron chi connectivity index (χ1n) is 9.43. The maximum absolute atomic E-state index is 9.23. The second kappa shape index (κ2) is 7.72. The van der Waals surface area contributed by atoms with E-state index in [-0.39, 0.29) is 12.0 Å². The summed E-state index contributed by atoms with van der Waals surface area (Å²) in [5, 5.41) is 21.5. The third-order valence-electron chi connectivity index (χ3n) is 5.43. The number of rotatable bonds is 7. The van der Waals surface area contributed by atoms with Crippen LogP contribution in [0.5, 0.6) is 0 Å². The van der Waals surface area contributed by atoms with E-state index in [9.17, 15) is 5.26 Å². The Kier molecular flexibility index (Phi) is 4.98. The van der Waals surface area contributed by atoms with Crippen LogP contribution in [0, 0.1) is 22.7 Å². The molecule has 0 aliphatic heterocycles. The summed E-state index contributed by atoms with van der Waals surface area (Å²) in [4.78, 5) is 13.2. The number of hydrogen-bond acceptors (Lipinski definition) is 6. The van der Waals surface area contributed by atoms with Crippen molar-refractivity contribution in [3.63, 3.8) is 0 Å². The Morgan fingerprint density at radius 2 is 2.32 bits per heavy atom. The molecule has 8 heteroatoms. The molecule has 3 aromatic heterocycles. The van der Waals surface area contributed by atoms with Gasteiger partial charge >= 0.3 is 0 Å². The van der Waals surface area contributed by atoms with Gasteiger partial charge in [0.1, 0.15) is 11.5 Å². The molecule has 1 aliphatic rings. The van der Waals surface area contributed by atoms with Crippen molar-refractivity contribution in [1.82, 2.24) is 24.1 Å².